The average molecular weight is 294 g/mol. The van der Waals surface area contributed by atoms with Crippen LogP contribution in [-0.2, 0) is 9.62 Å². The molecule has 114 valence electrons. The lowest BCUT2D eigenvalue weighted by atomic mass is 9.86. The normalized spacial score (nSPS) is 17.0. The summed E-state index contributed by atoms with van der Waals surface area (Å²) in [6.45, 7) is 1.89. The van der Waals surface area contributed by atoms with Crippen LogP contribution in [0.15, 0.2) is 18.2 Å². The highest BCUT2D eigenvalue weighted by atomic mass is 17.1. The molecular formula is C15H18O6. The topological polar surface area (TPSA) is 93.1 Å². The van der Waals surface area contributed by atoms with Gasteiger partial charge in [0.1, 0.15) is 16.9 Å². The van der Waals surface area contributed by atoms with Crippen LogP contribution in [0.1, 0.15) is 59.7 Å². The summed E-state index contributed by atoms with van der Waals surface area (Å²) in [4.78, 5) is 26.8. The van der Waals surface area contributed by atoms with Crippen LogP contribution in [0.4, 0.5) is 0 Å². The number of carbonyl (C=O) groups excluding carboxylic acids is 2. The Bertz CT molecular complexity index is 545. The zero-order valence-electron chi connectivity index (χ0n) is 11.8. The van der Waals surface area contributed by atoms with E-state index < -0.39 is 17.5 Å². The number of aromatic hydroxyl groups is 1. The molecule has 6 heteroatoms. The molecule has 0 aromatic heterocycles. The van der Waals surface area contributed by atoms with E-state index in [4.69, 9.17) is 9.99 Å². The molecule has 0 heterocycles. The molecule has 1 fully saturated rings. The second-order valence-electron chi connectivity index (χ2n) is 5.51. The van der Waals surface area contributed by atoms with Gasteiger partial charge in [0, 0.05) is 0 Å². The van der Waals surface area contributed by atoms with E-state index in [1.807, 2.05) is 6.92 Å². The van der Waals surface area contributed by atoms with Gasteiger partial charge in [-0.2, -0.15) is 5.26 Å². The first-order chi connectivity index (χ1) is 9.95. The molecule has 0 aliphatic heterocycles. The minimum atomic E-state index is -1.01. The molecule has 0 radical (unpaired) electrons. The maximum absolute atomic E-state index is 12.1. The number of ether oxygens (including phenoxy) is 1. The molecule has 0 bridgehead atoms. The van der Waals surface area contributed by atoms with Crippen LogP contribution in [0.25, 0.3) is 0 Å². The van der Waals surface area contributed by atoms with E-state index in [-0.39, 0.29) is 16.9 Å². The van der Waals surface area contributed by atoms with Crippen LogP contribution in [-0.4, -0.2) is 27.9 Å². The number of phenolic OH excluding ortho intramolecular Hbond substituents is 1. The van der Waals surface area contributed by atoms with Crippen molar-refractivity contribution in [2.75, 3.05) is 0 Å². The highest BCUT2D eigenvalue weighted by Gasteiger charge is 2.32. The van der Waals surface area contributed by atoms with E-state index in [1.54, 1.807) is 0 Å². The van der Waals surface area contributed by atoms with Gasteiger partial charge < -0.3 is 9.84 Å². The minimum Gasteiger partial charge on any atom is -0.507 e. The molecule has 2 rings (SSSR count). The maximum Gasteiger partial charge on any atom is 0.372 e. The summed E-state index contributed by atoms with van der Waals surface area (Å²) in [7, 11) is 0. The Hall–Kier alpha value is -2.08. The Balaban J connectivity index is 2.14. The van der Waals surface area contributed by atoms with Gasteiger partial charge in [0.2, 0.25) is 0 Å². The van der Waals surface area contributed by atoms with Gasteiger partial charge in [0.15, 0.2) is 0 Å². The molecule has 6 nitrogen and oxygen atoms in total. The van der Waals surface area contributed by atoms with E-state index in [1.165, 1.54) is 12.1 Å². The molecule has 1 aromatic rings. The fourth-order valence-corrected chi connectivity index (χ4v) is 2.56. The third-order valence-corrected chi connectivity index (χ3v) is 3.79. The molecule has 0 amide bonds. The lowest BCUT2D eigenvalue weighted by Crippen LogP contribution is -2.33. The molecule has 0 atom stereocenters. The number of hydrogen-bond donors (Lipinski definition) is 2. The van der Waals surface area contributed by atoms with E-state index in [2.05, 4.69) is 4.89 Å². The lowest BCUT2D eigenvalue weighted by molar-refractivity contribution is -0.182. The van der Waals surface area contributed by atoms with Gasteiger partial charge in [-0.05, 0) is 50.8 Å². The fraction of sp³-hybridized carbons (Fsp3) is 0.467. The Morgan fingerprint density at radius 3 is 2.38 bits per heavy atom. The first kappa shape index (κ1) is 15.3. The van der Waals surface area contributed by atoms with E-state index in [0.29, 0.717) is 0 Å². The van der Waals surface area contributed by atoms with Gasteiger partial charge in [-0.1, -0.05) is 6.42 Å². The molecule has 1 saturated carbocycles. The SMILES string of the molecule is CC1(OC(=O)c2ccc(C(=O)OO)cc2O)CCCCC1. The van der Waals surface area contributed by atoms with Gasteiger partial charge in [-0.25, -0.2) is 9.59 Å². The van der Waals surface area contributed by atoms with Gasteiger partial charge >= 0.3 is 11.9 Å². The quantitative estimate of drug-likeness (QED) is 0.506. The van der Waals surface area contributed by atoms with Crippen molar-refractivity contribution >= 4 is 11.9 Å². The molecule has 21 heavy (non-hydrogen) atoms. The summed E-state index contributed by atoms with van der Waals surface area (Å²) in [5, 5.41) is 18.1. The Morgan fingerprint density at radius 1 is 1.14 bits per heavy atom. The predicted octanol–water partition coefficient (Wildman–Crippen LogP) is 2.90. The highest BCUT2D eigenvalue weighted by Crippen LogP contribution is 2.32. The number of hydrogen-bond acceptors (Lipinski definition) is 6. The third-order valence-electron chi connectivity index (χ3n) is 3.79. The molecular weight excluding hydrogens is 276 g/mol. The van der Waals surface area contributed by atoms with Crippen molar-refractivity contribution in [3.8, 4) is 5.75 Å². The summed E-state index contributed by atoms with van der Waals surface area (Å²) >= 11 is 0. The summed E-state index contributed by atoms with van der Waals surface area (Å²) in [5.74, 6) is -2.02. The number of phenols is 1. The highest BCUT2D eigenvalue weighted by molar-refractivity contribution is 5.96. The standard InChI is InChI=1S/C15H18O6/c1-15(7-3-2-4-8-15)20-14(18)11-6-5-10(9-12(11)16)13(17)21-19/h5-6,9,16,19H,2-4,7-8H2,1H3. The average Bonchev–Trinajstić information content (AvgIpc) is 2.46. The van der Waals surface area contributed by atoms with Crippen LogP contribution in [0.2, 0.25) is 0 Å². The van der Waals surface area contributed by atoms with E-state index in [9.17, 15) is 14.7 Å². The zero-order valence-corrected chi connectivity index (χ0v) is 11.8. The van der Waals surface area contributed by atoms with Crippen LogP contribution >= 0.6 is 0 Å². The Kier molecular flexibility index (Phi) is 4.47. The second kappa shape index (κ2) is 6.13. The fourth-order valence-electron chi connectivity index (χ4n) is 2.56. The van der Waals surface area contributed by atoms with Crippen molar-refractivity contribution in [1.82, 2.24) is 0 Å². The van der Waals surface area contributed by atoms with Gasteiger partial charge in [0.25, 0.3) is 0 Å². The summed E-state index contributed by atoms with van der Waals surface area (Å²) in [6.07, 6.45) is 4.76. The van der Waals surface area contributed by atoms with E-state index >= 15 is 0 Å². The largest absolute Gasteiger partial charge is 0.507 e. The molecule has 0 saturated heterocycles. The monoisotopic (exact) mass is 294 g/mol. The molecule has 0 spiro atoms. The smallest absolute Gasteiger partial charge is 0.372 e. The van der Waals surface area contributed by atoms with Crippen LogP contribution < -0.4 is 0 Å². The van der Waals surface area contributed by atoms with Crippen LogP contribution in [0.5, 0.6) is 5.75 Å². The first-order valence-electron chi connectivity index (χ1n) is 6.87. The van der Waals surface area contributed by atoms with Gasteiger partial charge in [0.05, 0.1) is 5.56 Å². The number of carbonyl (C=O) groups is 2. The second-order valence-corrected chi connectivity index (χ2v) is 5.51. The summed E-state index contributed by atoms with van der Waals surface area (Å²) in [5.41, 5.74) is -0.587. The van der Waals surface area contributed by atoms with Crippen LogP contribution in [0, 0.1) is 0 Å². The summed E-state index contributed by atoms with van der Waals surface area (Å²) < 4.78 is 5.51. The Labute approximate surface area is 122 Å². The third kappa shape index (κ3) is 3.52. The number of rotatable bonds is 3. The van der Waals surface area contributed by atoms with Crippen molar-refractivity contribution < 1.29 is 29.6 Å². The Morgan fingerprint density at radius 2 is 1.81 bits per heavy atom. The predicted molar refractivity (Wildman–Crippen MR) is 73.1 cm³/mol. The van der Waals surface area contributed by atoms with Crippen molar-refractivity contribution in [2.45, 2.75) is 44.6 Å². The van der Waals surface area contributed by atoms with Crippen molar-refractivity contribution in [3.63, 3.8) is 0 Å². The van der Waals surface area contributed by atoms with Gasteiger partial charge in [-0.15, -0.1) is 0 Å². The molecule has 0 unspecified atom stereocenters. The summed E-state index contributed by atoms with van der Waals surface area (Å²) in [6, 6.07) is 3.60. The van der Waals surface area contributed by atoms with E-state index in [0.717, 1.165) is 38.2 Å². The lowest BCUT2D eigenvalue weighted by Gasteiger charge is -2.33. The molecule has 1 aromatic carbocycles. The number of benzene rings is 1. The van der Waals surface area contributed by atoms with Gasteiger partial charge in [-0.3, -0.25) is 4.89 Å². The number of esters is 1. The van der Waals surface area contributed by atoms with Crippen molar-refractivity contribution in [2.24, 2.45) is 0 Å². The first-order valence-corrected chi connectivity index (χ1v) is 6.87. The molecule has 1 aliphatic rings. The van der Waals surface area contributed by atoms with Crippen molar-refractivity contribution in [3.05, 3.63) is 29.3 Å². The maximum atomic E-state index is 12.1. The molecule has 2 N–H and O–H groups in total. The molecule has 1 aliphatic carbocycles. The van der Waals surface area contributed by atoms with Crippen molar-refractivity contribution in [1.29, 1.82) is 0 Å². The van der Waals surface area contributed by atoms with Crippen LogP contribution in [0.3, 0.4) is 0 Å². The zero-order chi connectivity index (χ0) is 15.5. The minimum absolute atomic E-state index is 0.0173.